The third-order valence-electron chi connectivity index (χ3n) is 3.66. The van der Waals surface area contributed by atoms with Crippen LogP contribution >= 0.6 is 0 Å². The zero-order valence-electron chi connectivity index (χ0n) is 10.7. The van der Waals surface area contributed by atoms with Crippen LogP contribution in [0.4, 0.5) is 0 Å². The minimum atomic E-state index is 0.314. The minimum Gasteiger partial charge on any atom is -0.373 e. The van der Waals surface area contributed by atoms with Gasteiger partial charge in [-0.1, -0.05) is 11.6 Å². The summed E-state index contributed by atoms with van der Waals surface area (Å²) in [5.74, 6) is 0. The molecule has 16 heavy (non-hydrogen) atoms. The second kappa shape index (κ2) is 5.30. The number of fused-ring (bicyclic) bond motifs is 1. The number of rotatable bonds is 3. The SMILES string of the molecule is CNC(C=C(C)C)C1CN2CCCC2CO1. The summed E-state index contributed by atoms with van der Waals surface area (Å²) in [6.07, 6.45) is 5.25. The van der Waals surface area contributed by atoms with Crippen molar-refractivity contribution in [1.29, 1.82) is 0 Å². The molecule has 0 radical (unpaired) electrons. The molecular formula is C13H24N2O. The Kier molecular flexibility index (Phi) is 4.00. The molecule has 3 unspecified atom stereocenters. The number of hydrogen-bond acceptors (Lipinski definition) is 3. The molecule has 0 aliphatic carbocycles. The van der Waals surface area contributed by atoms with Crippen molar-refractivity contribution in [2.24, 2.45) is 0 Å². The third kappa shape index (κ3) is 2.65. The van der Waals surface area contributed by atoms with E-state index >= 15 is 0 Å². The molecule has 2 aliphatic heterocycles. The normalized spacial score (nSPS) is 32.2. The highest BCUT2D eigenvalue weighted by Gasteiger charge is 2.34. The number of hydrogen-bond donors (Lipinski definition) is 1. The van der Waals surface area contributed by atoms with Gasteiger partial charge >= 0.3 is 0 Å². The molecule has 0 bridgehead atoms. The number of ether oxygens (including phenoxy) is 1. The van der Waals surface area contributed by atoms with Gasteiger partial charge in [0, 0.05) is 12.6 Å². The van der Waals surface area contributed by atoms with E-state index in [9.17, 15) is 0 Å². The first-order valence-corrected chi connectivity index (χ1v) is 6.38. The van der Waals surface area contributed by atoms with Gasteiger partial charge in [0.25, 0.3) is 0 Å². The summed E-state index contributed by atoms with van der Waals surface area (Å²) in [4.78, 5) is 2.59. The van der Waals surface area contributed by atoms with Crippen LogP contribution in [-0.2, 0) is 4.74 Å². The largest absolute Gasteiger partial charge is 0.373 e. The van der Waals surface area contributed by atoms with E-state index in [0.29, 0.717) is 18.2 Å². The molecule has 0 aromatic rings. The molecule has 3 heteroatoms. The second-order valence-corrected chi connectivity index (χ2v) is 5.22. The van der Waals surface area contributed by atoms with Crippen molar-refractivity contribution in [2.75, 3.05) is 26.7 Å². The molecule has 0 aromatic carbocycles. The van der Waals surface area contributed by atoms with Gasteiger partial charge in [-0.15, -0.1) is 0 Å². The first-order valence-electron chi connectivity index (χ1n) is 6.38. The van der Waals surface area contributed by atoms with Gasteiger partial charge in [-0.3, -0.25) is 4.90 Å². The van der Waals surface area contributed by atoms with E-state index in [2.05, 4.69) is 30.1 Å². The van der Waals surface area contributed by atoms with E-state index in [1.165, 1.54) is 25.0 Å². The number of morpholine rings is 1. The van der Waals surface area contributed by atoms with Gasteiger partial charge in [-0.25, -0.2) is 0 Å². The van der Waals surface area contributed by atoms with E-state index in [1.807, 2.05) is 7.05 Å². The Balaban J connectivity index is 1.96. The summed E-state index contributed by atoms with van der Waals surface area (Å²) in [6, 6.07) is 1.05. The Hall–Kier alpha value is -0.380. The molecule has 3 atom stereocenters. The topological polar surface area (TPSA) is 24.5 Å². The van der Waals surface area contributed by atoms with Crippen molar-refractivity contribution in [1.82, 2.24) is 10.2 Å². The molecule has 1 N–H and O–H groups in total. The molecule has 2 aliphatic rings. The second-order valence-electron chi connectivity index (χ2n) is 5.22. The number of nitrogens with zero attached hydrogens (tertiary/aromatic N) is 1. The van der Waals surface area contributed by atoms with Crippen molar-refractivity contribution in [3.05, 3.63) is 11.6 Å². The molecule has 2 rings (SSSR count). The lowest BCUT2D eigenvalue weighted by Gasteiger charge is -2.38. The number of nitrogens with one attached hydrogen (secondary N) is 1. The summed E-state index contributed by atoms with van der Waals surface area (Å²) >= 11 is 0. The zero-order chi connectivity index (χ0) is 11.5. The first kappa shape index (κ1) is 12.1. The van der Waals surface area contributed by atoms with E-state index in [1.54, 1.807) is 0 Å². The summed E-state index contributed by atoms with van der Waals surface area (Å²) in [6.45, 7) is 7.55. The van der Waals surface area contributed by atoms with E-state index in [0.717, 1.165) is 13.2 Å². The maximum absolute atomic E-state index is 6.00. The highest BCUT2D eigenvalue weighted by atomic mass is 16.5. The van der Waals surface area contributed by atoms with Gasteiger partial charge in [0.1, 0.15) is 0 Å². The standard InChI is InChI=1S/C13H24N2O/c1-10(2)7-12(14-3)13-8-15-6-4-5-11(15)9-16-13/h7,11-14H,4-6,8-9H2,1-3H3. The molecule has 2 saturated heterocycles. The predicted molar refractivity (Wildman–Crippen MR) is 66.6 cm³/mol. The van der Waals surface area contributed by atoms with Gasteiger partial charge in [0.2, 0.25) is 0 Å². The zero-order valence-corrected chi connectivity index (χ0v) is 10.7. The molecular weight excluding hydrogens is 200 g/mol. The lowest BCUT2D eigenvalue weighted by molar-refractivity contribution is -0.0568. The fraction of sp³-hybridized carbons (Fsp3) is 0.846. The van der Waals surface area contributed by atoms with Crippen LogP contribution in [0.15, 0.2) is 11.6 Å². The molecule has 3 nitrogen and oxygen atoms in total. The van der Waals surface area contributed by atoms with Gasteiger partial charge in [-0.05, 0) is 40.3 Å². The molecule has 0 amide bonds. The monoisotopic (exact) mass is 224 g/mol. The fourth-order valence-electron chi connectivity index (χ4n) is 2.80. The smallest absolute Gasteiger partial charge is 0.0891 e. The molecule has 92 valence electrons. The van der Waals surface area contributed by atoms with Gasteiger partial charge in [0.05, 0.1) is 18.8 Å². The number of likely N-dealkylation sites (N-methyl/N-ethyl adjacent to an activating group) is 1. The van der Waals surface area contributed by atoms with Crippen molar-refractivity contribution in [3.8, 4) is 0 Å². The van der Waals surface area contributed by atoms with Crippen molar-refractivity contribution >= 4 is 0 Å². The first-order chi connectivity index (χ1) is 7.70. The molecule has 0 spiro atoms. The Morgan fingerprint density at radius 2 is 2.31 bits per heavy atom. The van der Waals surface area contributed by atoms with Crippen LogP contribution in [0, 0.1) is 0 Å². The highest BCUT2D eigenvalue weighted by Crippen LogP contribution is 2.24. The van der Waals surface area contributed by atoms with Crippen LogP contribution in [0.3, 0.4) is 0 Å². The Bertz CT molecular complexity index is 261. The number of allylic oxidation sites excluding steroid dienone is 1. The van der Waals surface area contributed by atoms with Crippen LogP contribution in [-0.4, -0.2) is 49.8 Å². The summed E-state index contributed by atoms with van der Waals surface area (Å²) < 4.78 is 6.00. The van der Waals surface area contributed by atoms with Crippen LogP contribution in [0.5, 0.6) is 0 Å². The fourth-order valence-corrected chi connectivity index (χ4v) is 2.80. The molecule has 2 heterocycles. The van der Waals surface area contributed by atoms with E-state index in [4.69, 9.17) is 4.74 Å². The predicted octanol–water partition coefficient (Wildman–Crippen LogP) is 1.40. The molecule has 0 aromatic heterocycles. The lowest BCUT2D eigenvalue weighted by Crippen LogP contribution is -2.53. The molecule has 2 fully saturated rings. The van der Waals surface area contributed by atoms with E-state index in [-0.39, 0.29) is 0 Å². The third-order valence-corrected chi connectivity index (χ3v) is 3.66. The van der Waals surface area contributed by atoms with Crippen molar-refractivity contribution in [2.45, 2.75) is 44.9 Å². The van der Waals surface area contributed by atoms with Crippen molar-refractivity contribution in [3.63, 3.8) is 0 Å². The van der Waals surface area contributed by atoms with Crippen LogP contribution in [0.2, 0.25) is 0 Å². The van der Waals surface area contributed by atoms with E-state index < -0.39 is 0 Å². The lowest BCUT2D eigenvalue weighted by atomic mass is 10.1. The van der Waals surface area contributed by atoms with Crippen molar-refractivity contribution < 1.29 is 4.74 Å². The van der Waals surface area contributed by atoms with Gasteiger partial charge < -0.3 is 10.1 Å². The average molecular weight is 224 g/mol. The Morgan fingerprint density at radius 3 is 3.00 bits per heavy atom. The summed E-state index contributed by atoms with van der Waals surface area (Å²) in [5.41, 5.74) is 1.35. The minimum absolute atomic E-state index is 0.314. The van der Waals surface area contributed by atoms with Crippen LogP contribution in [0.1, 0.15) is 26.7 Å². The maximum atomic E-state index is 6.00. The maximum Gasteiger partial charge on any atom is 0.0891 e. The van der Waals surface area contributed by atoms with Gasteiger partial charge in [-0.2, -0.15) is 0 Å². The van der Waals surface area contributed by atoms with Gasteiger partial charge in [0.15, 0.2) is 0 Å². The van der Waals surface area contributed by atoms with Crippen LogP contribution < -0.4 is 5.32 Å². The Labute approximate surface area is 98.8 Å². The molecule has 0 saturated carbocycles. The average Bonchev–Trinajstić information content (AvgIpc) is 2.72. The summed E-state index contributed by atoms with van der Waals surface area (Å²) in [5, 5.41) is 3.35. The van der Waals surface area contributed by atoms with Crippen LogP contribution in [0.25, 0.3) is 0 Å². The quantitative estimate of drug-likeness (QED) is 0.734. The Morgan fingerprint density at radius 1 is 1.50 bits per heavy atom. The highest BCUT2D eigenvalue weighted by molar-refractivity contribution is 5.05. The summed E-state index contributed by atoms with van der Waals surface area (Å²) in [7, 11) is 2.02.